The second kappa shape index (κ2) is 11.0. The molecule has 1 N–H and O–H groups in total. The van der Waals surface area contributed by atoms with Gasteiger partial charge in [0.1, 0.15) is 35.4 Å². The Kier molecular flexibility index (Phi) is 7.36. The molecule has 4 aromatic rings. The molecule has 0 aliphatic heterocycles. The number of hydrogen-bond acceptors (Lipinski definition) is 6. The zero-order valence-electron chi connectivity index (χ0n) is 19.3. The average Bonchev–Trinajstić information content (AvgIpc) is 3.23. The van der Waals surface area contributed by atoms with E-state index in [0.717, 1.165) is 5.69 Å². The molecule has 0 bridgehead atoms. The van der Waals surface area contributed by atoms with Crippen LogP contribution in [0.5, 0.6) is 5.75 Å². The van der Waals surface area contributed by atoms with Crippen LogP contribution in [-0.4, -0.2) is 28.3 Å². The number of hydrogen-bond donors (Lipinski definition) is 1. The van der Waals surface area contributed by atoms with E-state index in [1.807, 2.05) is 30.3 Å². The van der Waals surface area contributed by atoms with Crippen LogP contribution in [0, 0.1) is 24.1 Å². The third-order valence-electron chi connectivity index (χ3n) is 5.22. The van der Waals surface area contributed by atoms with E-state index in [2.05, 4.69) is 16.5 Å². The number of esters is 1. The van der Waals surface area contributed by atoms with Crippen molar-refractivity contribution in [3.8, 4) is 17.5 Å². The molecule has 180 valence electrons. The summed E-state index contributed by atoms with van der Waals surface area (Å²) < 4.78 is 26.4. The molecule has 0 atom stereocenters. The molecule has 1 amide bonds. The van der Waals surface area contributed by atoms with Crippen LogP contribution in [-0.2, 0) is 16.1 Å². The second-order valence-electron chi connectivity index (χ2n) is 7.66. The summed E-state index contributed by atoms with van der Waals surface area (Å²) in [6.07, 6.45) is 0. The number of ether oxygens (including phenoxy) is 2. The van der Waals surface area contributed by atoms with Crippen LogP contribution in [0.3, 0.4) is 0 Å². The van der Waals surface area contributed by atoms with Gasteiger partial charge in [-0.2, -0.15) is 10.4 Å². The zero-order valence-corrected chi connectivity index (χ0v) is 19.3. The molecule has 0 unspecified atom stereocenters. The maximum absolute atomic E-state index is 13.8. The van der Waals surface area contributed by atoms with E-state index in [-0.39, 0.29) is 23.6 Å². The van der Waals surface area contributed by atoms with Gasteiger partial charge in [0.2, 0.25) is 0 Å². The third-order valence-corrected chi connectivity index (χ3v) is 5.22. The Bertz CT molecular complexity index is 1440. The van der Waals surface area contributed by atoms with E-state index in [1.54, 1.807) is 29.8 Å². The first kappa shape index (κ1) is 24.2. The molecule has 0 fully saturated rings. The van der Waals surface area contributed by atoms with Gasteiger partial charge in [-0.3, -0.25) is 4.79 Å². The van der Waals surface area contributed by atoms with E-state index in [0.29, 0.717) is 17.0 Å². The summed E-state index contributed by atoms with van der Waals surface area (Å²) >= 11 is 0. The number of rotatable bonds is 8. The fourth-order valence-electron chi connectivity index (χ4n) is 3.50. The first-order valence-electron chi connectivity index (χ1n) is 10.9. The molecule has 0 spiro atoms. The Morgan fingerprint density at radius 1 is 1.03 bits per heavy atom. The van der Waals surface area contributed by atoms with Crippen LogP contribution in [0.4, 0.5) is 10.1 Å². The Labute approximate surface area is 206 Å². The van der Waals surface area contributed by atoms with Gasteiger partial charge in [-0.1, -0.05) is 42.5 Å². The molecular weight excluding hydrogens is 463 g/mol. The van der Waals surface area contributed by atoms with Crippen molar-refractivity contribution in [2.24, 2.45) is 0 Å². The smallest absolute Gasteiger partial charge is 0.342 e. The molecule has 1 heterocycles. The zero-order chi connectivity index (χ0) is 25.5. The van der Waals surface area contributed by atoms with Gasteiger partial charge in [0, 0.05) is 0 Å². The summed E-state index contributed by atoms with van der Waals surface area (Å²) in [5.41, 5.74) is 2.10. The summed E-state index contributed by atoms with van der Waals surface area (Å²) in [6, 6.07) is 23.3. The largest absolute Gasteiger partial charge is 0.483 e. The fraction of sp³-hybridized carbons (Fsp3) is 0.111. The van der Waals surface area contributed by atoms with Crippen LogP contribution in [0.15, 0.2) is 78.9 Å². The minimum atomic E-state index is -0.706. The maximum atomic E-state index is 13.8. The number of benzene rings is 3. The van der Waals surface area contributed by atoms with Crippen molar-refractivity contribution in [1.29, 1.82) is 5.26 Å². The number of anilines is 1. The number of carbonyl (C=O) groups is 2. The summed E-state index contributed by atoms with van der Waals surface area (Å²) in [5, 5.41) is 16.4. The Hall–Kier alpha value is -4.97. The molecule has 0 saturated heterocycles. The van der Waals surface area contributed by atoms with Crippen molar-refractivity contribution in [1.82, 2.24) is 9.78 Å². The number of aryl methyl sites for hydroxylation is 1. The van der Waals surface area contributed by atoms with E-state index in [9.17, 15) is 19.2 Å². The van der Waals surface area contributed by atoms with Gasteiger partial charge in [-0.15, -0.1) is 0 Å². The van der Waals surface area contributed by atoms with E-state index >= 15 is 0 Å². The summed E-state index contributed by atoms with van der Waals surface area (Å²) in [6.45, 7) is 1.05. The van der Waals surface area contributed by atoms with Gasteiger partial charge in [-0.25, -0.2) is 13.9 Å². The van der Waals surface area contributed by atoms with Gasteiger partial charge in [0.25, 0.3) is 5.91 Å². The van der Waals surface area contributed by atoms with Crippen LogP contribution in [0.1, 0.15) is 27.3 Å². The highest BCUT2D eigenvalue weighted by molar-refractivity contribution is 5.94. The van der Waals surface area contributed by atoms with Crippen molar-refractivity contribution in [2.75, 3.05) is 11.9 Å². The number of amides is 1. The maximum Gasteiger partial charge on any atom is 0.342 e. The minimum Gasteiger partial charge on any atom is -0.483 e. The average molecular weight is 484 g/mol. The predicted octanol–water partition coefficient (Wildman–Crippen LogP) is 4.57. The SMILES string of the molecule is Cc1nn(-c2ccccc2)c(COC(=O)c2ccccc2OCC(=O)Nc2ccccc2F)c1C#N. The fourth-order valence-corrected chi connectivity index (χ4v) is 3.50. The Morgan fingerprint density at radius 3 is 2.47 bits per heavy atom. The molecule has 0 aliphatic carbocycles. The van der Waals surface area contributed by atoms with Crippen LogP contribution >= 0.6 is 0 Å². The molecule has 4 rings (SSSR count). The standard InChI is InChI=1S/C27H21FN4O4/c1-18-21(15-29)24(32(31-18)19-9-3-2-4-10-19)16-36-27(34)20-11-5-8-14-25(20)35-17-26(33)30-23-13-7-6-12-22(23)28/h2-14H,16-17H2,1H3,(H,30,33). The van der Waals surface area contributed by atoms with Gasteiger partial charge >= 0.3 is 5.97 Å². The van der Waals surface area contributed by atoms with Crippen molar-refractivity contribution in [3.63, 3.8) is 0 Å². The minimum absolute atomic E-state index is 0.0254. The summed E-state index contributed by atoms with van der Waals surface area (Å²) in [4.78, 5) is 25.1. The summed E-state index contributed by atoms with van der Waals surface area (Å²) in [7, 11) is 0. The molecule has 36 heavy (non-hydrogen) atoms. The lowest BCUT2D eigenvalue weighted by Gasteiger charge is -2.12. The molecule has 1 aromatic heterocycles. The van der Waals surface area contributed by atoms with Gasteiger partial charge in [-0.05, 0) is 43.3 Å². The highest BCUT2D eigenvalue weighted by Gasteiger charge is 2.20. The Balaban J connectivity index is 1.46. The normalized spacial score (nSPS) is 10.4. The predicted molar refractivity (Wildman–Crippen MR) is 129 cm³/mol. The molecule has 0 radical (unpaired) electrons. The molecular formula is C27H21FN4O4. The number of nitrogens with zero attached hydrogens (tertiary/aromatic N) is 3. The van der Waals surface area contributed by atoms with Crippen molar-refractivity contribution >= 4 is 17.6 Å². The van der Waals surface area contributed by atoms with Crippen LogP contribution in [0.25, 0.3) is 5.69 Å². The van der Waals surface area contributed by atoms with E-state index in [4.69, 9.17) is 9.47 Å². The second-order valence-corrected chi connectivity index (χ2v) is 7.66. The van der Waals surface area contributed by atoms with Crippen molar-refractivity contribution in [2.45, 2.75) is 13.5 Å². The van der Waals surface area contributed by atoms with Gasteiger partial charge < -0.3 is 14.8 Å². The quantitative estimate of drug-likeness (QED) is 0.368. The van der Waals surface area contributed by atoms with Crippen molar-refractivity contribution < 1.29 is 23.5 Å². The topological polar surface area (TPSA) is 106 Å². The Morgan fingerprint density at radius 2 is 1.72 bits per heavy atom. The lowest BCUT2D eigenvalue weighted by atomic mass is 10.2. The number of nitriles is 1. The first-order valence-corrected chi connectivity index (χ1v) is 10.9. The van der Waals surface area contributed by atoms with Gasteiger partial charge in [0.15, 0.2) is 6.61 Å². The highest BCUT2D eigenvalue weighted by Crippen LogP contribution is 2.23. The lowest BCUT2D eigenvalue weighted by Crippen LogP contribution is -2.21. The molecule has 3 aromatic carbocycles. The van der Waals surface area contributed by atoms with Gasteiger partial charge in [0.05, 0.1) is 22.8 Å². The molecule has 0 saturated carbocycles. The van der Waals surface area contributed by atoms with E-state index in [1.165, 1.54) is 30.3 Å². The summed E-state index contributed by atoms with van der Waals surface area (Å²) in [5.74, 6) is -1.75. The van der Waals surface area contributed by atoms with Crippen molar-refractivity contribution in [3.05, 3.63) is 107 Å². The van der Waals surface area contributed by atoms with E-state index < -0.39 is 24.3 Å². The number of carbonyl (C=O) groups excluding carboxylic acids is 2. The monoisotopic (exact) mass is 484 g/mol. The van der Waals surface area contributed by atoms with Crippen LogP contribution < -0.4 is 10.1 Å². The third kappa shape index (κ3) is 5.39. The lowest BCUT2D eigenvalue weighted by molar-refractivity contribution is -0.118. The number of nitrogens with one attached hydrogen (secondary N) is 1. The highest BCUT2D eigenvalue weighted by atomic mass is 19.1. The first-order chi connectivity index (χ1) is 17.5. The molecule has 0 aliphatic rings. The molecule has 9 heteroatoms. The number of halogens is 1. The molecule has 8 nitrogen and oxygen atoms in total. The number of para-hydroxylation sites is 3. The number of aromatic nitrogens is 2. The van der Waals surface area contributed by atoms with Crippen LogP contribution in [0.2, 0.25) is 0 Å².